The van der Waals surface area contributed by atoms with Gasteiger partial charge >= 0.3 is 0 Å². The van der Waals surface area contributed by atoms with E-state index in [1.165, 1.54) is 0 Å². The summed E-state index contributed by atoms with van der Waals surface area (Å²) in [7, 11) is 0. The van der Waals surface area contributed by atoms with Crippen molar-refractivity contribution < 1.29 is 0 Å². The van der Waals surface area contributed by atoms with Crippen molar-refractivity contribution in [1.29, 1.82) is 0 Å². The van der Waals surface area contributed by atoms with Crippen molar-refractivity contribution in [3.8, 4) is 11.8 Å². The van der Waals surface area contributed by atoms with Gasteiger partial charge in [-0.05, 0) is 44.0 Å². The van der Waals surface area contributed by atoms with E-state index >= 15 is 0 Å². The molecule has 4 heteroatoms. The van der Waals surface area contributed by atoms with Crippen LogP contribution >= 0.6 is 0 Å². The van der Waals surface area contributed by atoms with Crippen molar-refractivity contribution >= 4 is 11.0 Å². The zero-order chi connectivity index (χ0) is 13.9. The molecule has 0 spiro atoms. The van der Waals surface area contributed by atoms with Gasteiger partial charge in [-0.1, -0.05) is 5.92 Å². The van der Waals surface area contributed by atoms with E-state index in [2.05, 4.69) is 40.8 Å². The Balaban J connectivity index is 1.90. The molecule has 98 valence electrons. The van der Waals surface area contributed by atoms with Crippen molar-refractivity contribution in [2.45, 2.75) is 19.9 Å². The van der Waals surface area contributed by atoms with Crippen LogP contribution in [0, 0.1) is 11.8 Å². The summed E-state index contributed by atoms with van der Waals surface area (Å²) >= 11 is 0. The van der Waals surface area contributed by atoms with Crippen LogP contribution < -0.4 is 0 Å². The molecule has 0 bridgehead atoms. The Kier molecular flexibility index (Phi) is 3.18. The fourth-order valence-corrected chi connectivity index (χ4v) is 1.87. The van der Waals surface area contributed by atoms with Crippen molar-refractivity contribution in [3.63, 3.8) is 0 Å². The highest BCUT2D eigenvalue weighted by atomic mass is 15.3. The Morgan fingerprint density at radius 3 is 2.55 bits per heavy atom. The third kappa shape index (κ3) is 2.52. The van der Waals surface area contributed by atoms with Gasteiger partial charge in [0.2, 0.25) is 0 Å². The van der Waals surface area contributed by atoms with E-state index in [9.17, 15) is 0 Å². The largest absolute Gasteiger partial charge is 0.269 e. The molecule has 0 aliphatic carbocycles. The summed E-state index contributed by atoms with van der Waals surface area (Å²) in [4.78, 5) is 8.51. The minimum Gasteiger partial charge on any atom is -0.269 e. The second-order valence-electron chi connectivity index (χ2n) is 4.78. The van der Waals surface area contributed by atoms with Gasteiger partial charge in [0, 0.05) is 30.2 Å². The third-order valence-corrected chi connectivity index (χ3v) is 2.94. The minimum absolute atomic E-state index is 0.349. The lowest BCUT2D eigenvalue weighted by Gasteiger charge is -2.02. The van der Waals surface area contributed by atoms with Crippen LogP contribution in [0.15, 0.2) is 42.9 Å². The number of benzene rings is 1. The summed E-state index contributed by atoms with van der Waals surface area (Å²) in [5.74, 6) is 6.18. The molecular formula is C16H14N4. The van der Waals surface area contributed by atoms with Gasteiger partial charge in [-0.25, -0.2) is 0 Å². The third-order valence-electron chi connectivity index (χ3n) is 2.94. The van der Waals surface area contributed by atoms with Crippen LogP contribution in [-0.4, -0.2) is 19.7 Å². The van der Waals surface area contributed by atoms with Gasteiger partial charge in [0.05, 0.1) is 11.0 Å². The first-order valence-corrected chi connectivity index (χ1v) is 6.50. The second kappa shape index (κ2) is 5.14. The van der Waals surface area contributed by atoms with Gasteiger partial charge in [-0.2, -0.15) is 5.10 Å². The van der Waals surface area contributed by atoms with Gasteiger partial charge in [0.25, 0.3) is 0 Å². The predicted octanol–water partition coefficient (Wildman–Crippen LogP) is 2.81. The van der Waals surface area contributed by atoms with E-state index in [1.807, 2.05) is 35.1 Å². The maximum absolute atomic E-state index is 4.40. The topological polar surface area (TPSA) is 43.6 Å². The summed E-state index contributed by atoms with van der Waals surface area (Å²) in [5, 5.41) is 4.40. The molecule has 4 nitrogen and oxygen atoms in total. The maximum atomic E-state index is 4.40. The van der Waals surface area contributed by atoms with Gasteiger partial charge in [0.1, 0.15) is 5.69 Å². The molecule has 0 atom stereocenters. The van der Waals surface area contributed by atoms with Crippen molar-refractivity contribution in [2.24, 2.45) is 0 Å². The Bertz CT molecular complexity index is 806. The van der Waals surface area contributed by atoms with E-state index in [0.717, 1.165) is 22.3 Å². The highest BCUT2D eigenvalue weighted by molar-refractivity contribution is 5.75. The first-order valence-electron chi connectivity index (χ1n) is 6.50. The number of hydrogen-bond donors (Lipinski definition) is 0. The van der Waals surface area contributed by atoms with E-state index in [0.29, 0.717) is 6.04 Å². The lowest BCUT2D eigenvalue weighted by molar-refractivity contribution is 0.531. The highest BCUT2D eigenvalue weighted by Gasteiger charge is 1.99. The van der Waals surface area contributed by atoms with Gasteiger partial charge in [-0.15, -0.1) is 0 Å². The lowest BCUT2D eigenvalue weighted by atomic mass is 10.2. The summed E-state index contributed by atoms with van der Waals surface area (Å²) in [6.45, 7) is 4.18. The quantitative estimate of drug-likeness (QED) is 0.633. The number of nitrogens with zero attached hydrogens (tertiary/aromatic N) is 4. The average Bonchev–Trinajstić information content (AvgIpc) is 2.94. The van der Waals surface area contributed by atoms with Crippen LogP contribution in [0.3, 0.4) is 0 Å². The van der Waals surface area contributed by atoms with Crippen LogP contribution in [0.1, 0.15) is 31.1 Å². The minimum atomic E-state index is 0.349. The fraction of sp³-hybridized carbons (Fsp3) is 0.188. The summed E-state index contributed by atoms with van der Waals surface area (Å²) in [6.07, 6.45) is 5.32. The molecule has 0 radical (unpaired) electrons. The summed E-state index contributed by atoms with van der Waals surface area (Å²) in [6, 6.07) is 8.09. The van der Waals surface area contributed by atoms with Crippen molar-refractivity contribution in [1.82, 2.24) is 19.7 Å². The maximum Gasteiger partial charge on any atom is 0.135 e. The van der Waals surface area contributed by atoms with Crippen LogP contribution in [0.25, 0.3) is 11.0 Å². The fourth-order valence-electron chi connectivity index (χ4n) is 1.87. The molecule has 0 saturated carbocycles. The summed E-state index contributed by atoms with van der Waals surface area (Å²) in [5.41, 5.74) is 3.42. The molecule has 0 unspecified atom stereocenters. The highest BCUT2D eigenvalue weighted by Crippen LogP contribution is 2.10. The first-order chi connectivity index (χ1) is 9.72. The van der Waals surface area contributed by atoms with E-state index in [-0.39, 0.29) is 0 Å². The molecule has 0 fully saturated rings. The Labute approximate surface area is 117 Å². The Hall–Kier alpha value is -2.67. The zero-order valence-electron chi connectivity index (χ0n) is 11.4. The van der Waals surface area contributed by atoms with Crippen molar-refractivity contribution in [2.75, 3.05) is 0 Å². The Morgan fingerprint density at radius 2 is 1.80 bits per heavy atom. The first kappa shape index (κ1) is 12.4. The van der Waals surface area contributed by atoms with Gasteiger partial charge in [0.15, 0.2) is 0 Å². The van der Waals surface area contributed by atoms with E-state index in [1.54, 1.807) is 12.4 Å². The van der Waals surface area contributed by atoms with Crippen LogP contribution in [0.5, 0.6) is 0 Å². The smallest absolute Gasteiger partial charge is 0.135 e. The molecule has 0 amide bonds. The molecule has 2 heterocycles. The molecule has 2 aromatic heterocycles. The molecule has 0 aliphatic heterocycles. The molecule has 20 heavy (non-hydrogen) atoms. The molecule has 0 N–H and O–H groups in total. The molecule has 1 aromatic carbocycles. The number of hydrogen-bond acceptors (Lipinski definition) is 3. The molecule has 0 aliphatic rings. The second-order valence-corrected chi connectivity index (χ2v) is 4.78. The van der Waals surface area contributed by atoms with Gasteiger partial charge < -0.3 is 0 Å². The molecule has 3 rings (SSSR count). The molecule has 0 saturated heterocycles. The predicted molar refractivity (Wildman–Crippen MR) is 78.1 cm³/mol. The molecular weight excluding hydrogens is 248 g/mol. The Morgan fingerprint density at radius 1 is 1.00 bits per heavy atom. The standard InChI is InChI=1S/C16H14N4/c1-12(2)20-10-7-14(19-20)5-3-13-4-6-15-16(11-13)18-9-8-17-15/h4,6-12H,1-2H3. The van der Waals surface area contributed by atoms with Crippen LogP contribution in [-0.2, 0) is 0 Å². The van der Waals surface area contributed by atoms with Crippen LogP contribution in [0.4, 0.5) is 0 Å². The molecule has 3 aromatic rings. The zero-order valence-corrected chi connectivity index (χ0v) is 11.4. The van der Waals surface area contributed by atoms with E-state index in [4.69, 9.17) is 0 Å². The number of aromatic nitrogens is 4. The summed E-state index contributed by atoms with van der Waals surface area (Å²) < 4.78 is 1.90. The van der Waals surface area contributed by atoms with E-state index < -0.39 is 0 Å². The number of fused-ring (bicyclic) bond motifs is 1. The van der Waals surface area contributed by atoms with Crippen molar-refractivity contribution in [3.05, 3.63) is 54.1 Å². The monoisotopic (exact) mass is 262 g/mol. The SMILES string of the molecule is CC(C)n1ccc(C#Cc2ccc3nccnc3c2)n1. The van der Waals surface area contributed by atoms with Gasteiger partial charge in [-0.3, -0.25) is 14.6 Å². The lowest BCUT2D eigenvalue weighted by Crippen LogP contribution is -2.00. The normalized spacial score (nSPS) is 10.6. The van der Waals surface area contributed by atoms with Crippen LogP contribution in [0.2, 0.25) is 0 Å². The average molecular weight is 262 g/mol. The number of rotatable bonds is 1.